The van der Waals surface area contributed by atoms with Crippen LogP contribution >= 0.6 is 0 Å². The number of aromatic nitrogens is 3. The maximum atomic E-state index is 12.0. The molecule has 192 valence electrons. The van der Waals surface area contributed by atoms with E-state index in [0.29, 0.717) is 29.3 Å². The average molecular weight is 517 g/mol. The molecular weight excluding hydrogens is 484 g/mol. The number of pyridine rings is 1. The first-order valence-electron chi connectivity index (χ1n) is 12.3. The number of likely N-dealkylation sites (N-methyl/N-ethyl adjacent to an activating group) is 1. The molecule has 10 heteroatoms. The third kappa shape index (κ3) is 5.43. The summed E-state index contributed by atoms with van der Waals surface area (Å²) in [5, 5.41) is 16.1. The van der Waals surface area contributed by atoms with Gasteiger partial charge in [-0.1, -0.05) is 19.9 Å². The summed E-state index contributed by atoms with van der Waals surface area (Å²) in [7, 11) is -0.164. The molecule has 2 aromatic heterocycles. The van der Waals surface area contributed by atoms with Gasteiger partial charge < -0.3 is 15.5 Å². The van der Waals surface area contributed by atoms with Crippen LogP contribution in [0.3, 0.4) is 0 Å². The van der Waals surface area contributed by atoms with E-state index in [2.05, 4.69) is 73.9 Å². The Balaban J connectivity index is 1.45. The molecule has 1 aromatic carbocycles. The predicted octanol–water partition coefficient (Wildman–Crippen LogP) is 5.09. The van der Waals surface area contributed by atoms with Crippen LogP contribution in [0.2, 0.25) is 0 Å². The van der Waals surface area contributed by atoms with Gasteiger partial charge in [0, 0.05) is 46.9 Å². The van der Waals surface area contributed by atoms with E-state index in [4.69, 9.17) is 0 Å². The third-order valence-corrected chi connectivity index (χ3v) is 7.70. The lowest BCUT2D eigenvalue weighted by Crippen LogP contribution is -2.41. The lowest BCUT2D eigenvalue weighted by molar-refractivity contribution is 0.164. The highest BCUT2D eigenvalue weighted by Gasteiger charge is 2.40. The Bertz CT molecular complexity index is 1530. The second-order valence-corrected chi connectivity index (χ2v) is 13.5. The van der Waals surface area contributed by atoms with E-state index in [1.165, 1.54) is 22.9 Å². The number of nitrogens with one attached hydrogen (secondary N) is 2. The highest BCUT2D eigenvalue weighted by molar-refractivity contribution is 7.92. The van der Waals surface area contributed by atoms with Crippen molar-refractivity contribution in [2.45, 2.75) is 39.2 Å². The molecule has 3 heterocycles. The zero-order valence-corrected chi connectivity index (χ0v) is 22.7. The minimum Gasteiger partial charge on any atom is -0.324 e. The van der Waals surface area contributed by atoms with Crippen LogP contribution in [0.5, 0.6) is 0 Å². The molecule has 2 aliphatic rings. The van der Waals surface area contributed by atoms with Crippen molar-refractivity contribution < 1.29 is 4.21 Å². The van der Waals surface area contributed by atoms with Gasteiger partial charge in [-0.15, -0.1) is 0 Å². The molecule has 0 amide bonds. The smallest absolute Gasteiger partial charge is 0.229 e. The number of benzene rings is 1. The van der Waals surface area contributed by atoms with Crippen LogP contribution < -0.4 is 10.6 Å². The van der Waals surface area contributed by atoms with E-state index in [1.807, 2.05) is 0 Å². The summed E-state index contributed by atoms with van der Waals surface area (Å²) in [6.07, 6.45) is 6.82. The molecule has 1 aliphatic heterocycles. The Morgan fingerprint density at radius 1 is 1.19 bits per heavy atom. The van der Waals surface area contributed by atoms with E-state index in [-0.39, 0.29) is 11.0 Å². The number of anilines is 4. The van der Waals surface area contributed by atoms with Crippen molar-refractivity contribution in [1.29, 1.82) is 5.26 Å². The highest BCUT2D eigenvalue weighted by atomic mass is 32.2. The second kappa shape index (κ2) is 9.39. The molecule has 5 rings (SSSR count). The van der Waals surface area contributed by atoms with Crippen LogP contribution in [0.25, 0.3) is 0 Å². The first kappa shape index (κ1) is 25.1. The molecule has 9 nitrogen and oxygen atoms in total. The van der Waals surface area contributed by atoms with Crippen molar-refractivity contribution in [2.24, 2.45) is 9.78 Å². The third-order valence-electron chi connectivity index (χ3n) is 7.08. The molecule has 2 N–H and O–H groups in total. The molecule has 0 bridgehead atoms. The largest absolute Gasteiger partial charge is 0.324 e. The van der Waals surface area contributed by atoms with Crippen molar-refractivity contribution in [3.05, 3.63) is 58.8 Å². The maximum absolute atomic E-state index is 12.0. The minimum atomic E-state index is -2.35. The van der Waals surface area contributed by atoms with Crippen LogP contribution in [0.4, 0.5) is 29.1 Å². The molecule has 0 spiro atoms. The quantitative estimate of drug-likeness (QED) is 0.481. The van der Waals surface area contributed by atoms with Crippen LogP contribution in [-0.2, 0) is 22.7 Å². The molecule has 0 saturated carbocycles. The Hall–Kier alpha value is -3.55. The van der Waals surface area contributed by atoms with Gasteiger partial charge in [0.05, 0.1) is 6.20 Å². The Kier molecular flexibility index (Phi) is 6.38. The summed E-state index contributed by atoms with van der Waals surface area (Å²) in [5.74, 6) is 2.04. The molecule has 1 unspecified atom stereocenters. The summed E-state index contributed by atoms with van der Waals surface area (Å²) in [6.45, 7) is 6.77. The first-order valence-corrected chi connectivity index (χ1v) is 14.6. The lowest BCUT2D eigenvalue weighted by atomic mass is 9.63. The van der Waals surface area contributed by atoms with Gasteiger partial charge in [0.2, 0.25) is 5.95 Å². The molecule has 3 aromatic rings. The summed E-state index contributed by atoms with van der Waals surface area (Å²) >= 11 is 0. The van der Waals surface area contributed by atoms with E-state index in [0.717, 1.165) is 31.6 Å². The van der Waals surface area contributed by atoms with Crippen molar-refractivity contribution in [3.8, 4) is 6.07 Å². The van der Waals surface area contributed by atoms with E-state index in [9.17, 15) is 9.47 Å². The normalized spacial score (nSPS) is 18.4. The number of hydrogen-bond donors (Lipinski definition) is 2. The maximum Gasteiger partial charge on any atom is 0.229 e. The zero-order chi connectivity index (χ0) is 26.4. The second-order valence-electron chi connectivity index (χ2n) is 10.9. The van der Waals surface area contributed by atoms with Gasteiger partial charge >= 0.3 is 0 Å². The van der Waals surface area contributed by atoms with Gasteiger partial charge in [0.15, 0.2) is 11.6 Å². The summed E-state index contributed by atoms with van der Waals surface area (Å²) in [4.78, 5) is 15.7. The highest BCUT2D eigenvalue weighted by Crippen LogP contribution is 2.49. The number of nitrogens with zero attached hydrogens (tertiary/aromatic N) is 6. The van der Waals surface area contributed by atoms with Crippen LogP contribution in [0.1, 0.15) is 48.4 Å². The molecule has 37 heavy (non-hydrogen) atoms. The fourth-order valence-corrected chi connectivity index (χ4v) is 5.85. The number of nitriles is 1. The summed E-state index contributed by atoms with van der Waals surface area (Å²) < 4.78 is 16.2. The van der Waals surface area contributed by atoms with E-state index >= 15 is 0 Å². The zero-order valence-electron chi connectivity index (χ0n) is 21.9. The van der Waals surface area contributed by atoms with Crippen molar-refractivity contribution >= 4 is 38.8 Å². The van der Waals surface area contributed by atoms with Gasteiger partial charge in [-0.3, -0.25) is 0 Å². The molecule has 0 radical (unpaired) electrons. The average Bonchev–Trinajstić information content (AvgIpc) is 2.80. The Morgan fingerprint density at radius 3 is 2.73 bits per heavy atom. The van der Waals surface area contributed by atoms with Crippen molar-refractivity contribution in [3.63, 3.8) is 0 Å². The Morgan fingerprint density at radius 2 is 1.97 bits per heavy atom. The standard InChI is InChI=1S/C27H32N8OS/c1-27(2)10-9-17-11-20(12-18-15-35(3)16-21(27)24(17)18)30-26-29-14-19(13-28)25(33-26)32-22-7-6-8-23(31-22)34-37(4,5)36/h6-8,11-12,14,21H,9-10,15-16H2,1-5H3,(H2,29,30,31,32,33). The lowest BCUT2D eigenvalue weighted by Gasteiger charge is -2.46. The predicted molar refractivity (Wildman–Crippen MR) is 147 cm³/mol. The first-order chi connectivity index (χ1) is 17.5. The van der Waals surface area contributed by atoms with Gasteiger partial charge in [-0.05, 0) is 66.3 Å². The Labute approximate surface area is 218 Å². The monoisotopic (exact) mass is 516 g/mol. The SMILES string of the molecule is CN1Cc2cc(Nc3ncc(C#N)c(Nc4cccc(N=S(C)(C)=O)n4)n3)cc3c2C(C1)C(C)(C)CC3. The fraction of sp³-hybridized carbons (Fsp3) is 0.407. The molecule has 0 fully saturated rings. The minimum absolute atomic E-state index is 0.283. The summed E-state index contributed by atoms with van der Waals surface area (Å²) in [5.41, 5.74) is 5.78. The molecule has 1 atom stereocenters. The topological polar surface area (TPSA) is 119 Å². The number of rotatable bonds is 5. The van der Waals surface area contributed by atoms with Crippen LogP contribution in [0.15, 0.2) is 40.9 Å². The van der Waals surface area contributed by atoms with Gasteiger partial charge in [-0.2, -0.15) is 14.6 Å². The molecule has 0 saturated heterocycles. The number of hydrogen-bond acceptors (Lipinski definition) is 9. The van der Waals surface area contributed by atoms with Gasteiger partial charge in [0.25, 0.3) is 0 Å². The molecule has 1 aliphatic carbocycles. The number of aryl methyl sites for hydroxylation is 1. The molecular formula is C27H32N8OS. The van der Waals surface area contributed by atoms with Crippen molar-refractivity contribution in [1.82, 2.24) is 19.9 Å². The van der Waals surface area contributed by atoms with Gasteiger partial charge in [0.1, 0.15) is 17.5 Å². The van der Waals surface area contributed by atoms with Crippen molar-refractivity contribution in [2.75, 3.05) is 36.7 Å². The van der Waals surface area contributed by atoms with Gasteiger partial charge in [-0.25, -0.2) is 14.2 Å². The summed E-state index contributed by atoms with van der Waals surface area (Å²) in [6, 6.07) is 11.7. The van der Waals surface area contributed by atoms with Crippen LogP contribution in [0, 0.1) is 16.7 Å². The fourth-order valence-electron chi connectivity index (χ4n) is 5.30. The van der Waals surface area contributed by atoms with E-state index < -0.39 is 9.73 Å². The van der Waals surface area contributed by atoms with E-state index in [1.54, 1.807) is 30.7 Å². The van der Waals surface area contributed by atoms with Crippen LogP contribution in [-0.4, -0.2) is 50.2 Å².